The summed E-state index contributed by atoms with van der Waals surface area (Å²) in [6.45, 7) is 3.70. The lowest BCUT2D eigenvalue weighted by Gasteiger charge is -2.40. The van der Waals surface area contributed by atoms with Crippen LogP contribution >= 0.6 is 0 Å². The second-order valence-corrected chi connectivity index (χ2v) is 16.2. The second kappa shape index (κ2) is 31.6. The Kier molecular flexibility index (Phi) is 29.4. The van der Waals surface area contributed by atoms with Gasteiger partial charge in [0.1, 0.15) is 36.8 Å². The molecule has 0 spiro atoms. The summed E-state index contributed by atoms with van der Waals surface area (Å²) in [5.74, 6) is -1.99. The minimum Gasteiger partial charge on any atom is -0.462 e. The summed E-state index contributed by atoms with van der Waals surface area (Å²) in [6.07, 6.45) is 21.4. The lowest BCUT2D eigenvalue weighted by molar-refractivity contribution is -0.297. The Hall–Kier alpha value is -1.61. The van der Waals surface area contributed by atoms with Gasteiger partial charge in [-0.15, -0.1) is 0 Å². The molecule has 53 heavy (non-hydrogen) atoms. The molecule has 0 aliphatic carbocycles. The number of hydrogen-bond acceptors (Lipinski definition) is 11. The minimum absolute atomic E-state index is 0.166. The van der Waals surface area contributed by atoms with Gasteiger partial charge in [0.25, 0.3) is 10.1 Å². The molecule has 4 N–H and O–H groups in total. The van der Waals surface area contributed by atoms with Crippen LogP contribution in [-0.2, 0) is 38.7 Å². The van der Waals surface area contributed by atoms with Gasteiger partial charge in [-0.1, -0.05) is 135 Å². The molecule has 2 unspecified atom stereocenters. The van der Waals surface area contributed by atoms with Crippen molar-refractivity contribution in [3.05, 3.63) is 12.2 Å². The molecule has 6 atom stereocenters. The van der Waals surface area contributed by atoms with E-state index in [2.05, 4.69) is 26.0 Å². The first-order valence-electron chi connectivity index (χ1n) is 20.7. The van der Waals surface area contributed by atoms with Crippen molar-refractivity contribution < 1.29 is 56.8 Å². The fourth-order valence-electron chi connectivity index (χ4n) is 6.32. The monoisotopic (exact) mass is 778 g/mol. The van der Waals surface area contributed by atoms with E-state index in [-0.39, 0.29) is 19.4 Å². The third kappa shape index (κ3) is 26.8. The number of carbonyl (C=O) groups is 2. The molecule has 0 aromatic heterocycles. The van der Waals surface area contributed by atoms with Gasteiger partial charge in [0.15, 0.2) is 12.4 Å². The van der Waals surface area contributed by atoms with E-state index in [0.717, 1.165) is 44.9 Å². The average molecular weight is 779 g/mol. The van der Waals surface area contributed by atoms with E-state index in [1.54, 1.807) is 0 Å². The summed E-state index contributed by atoms with van der Waals surface area (Å²) in [6, 6.07) is 0. The Morgan fingerprint density at radius 1 is 0.623 bits per heavy atom. The van der Waals surface area contributed by atoms with E-state index < -0.39 is 71.2 Å². The number of carbonyl (C=O) groups excluding carboxylic acids is 2. The summed E-state index contributed by atoms with van der Waals surface area (Å²) in [5, 5.41) is 30.7. The van der Waals surface area contributed by atoms with Gasteiger partial charge in [0, 0.05) is 12.8 Å². The summed E-state index contributed by atoms with van der Waals surface area (Å²) in [7, 11) is -4.59. The number of unbranched alkanes of at least 4 members (excludes halogenated alkanes) is 20. The predicted octanol–water partition coefficient (Wildman–Crippen LogP) is 7.50. The van der Waals surface area contributed by atoms with Crippen LogP contribution in [0, 0.1) is 0 Å². The van der Waals surface area contributed by atoms with Crippen LogP contribution in [0.25, 0.3) is 0 Å². The van der Waals surface area contributed by atoms with Crippen molar-refractivity contribution in [1.29, 1.82) is 0 Å². The van der Waals surface area contributed by atoms with Crippen LogP contribution in [0.4, 0.5) is 0 Å². The van der Waals surface area contributed by atoms with Gasteiger partial charge in [0.2, 0.25) is 0 Å². The zero-order chi connectivity index (χ0) is 39.2. The Balaban J connectivity index is 2.43. The largest absolute Gasteiger partial charge is 0.462 e. The van der Waals surface area contributed by atoms with Crippen LogP contribution in [0.15, 0.2) is 12.2 Å². The van der Waals surface area contributed by atoms with Gasteiger partial charge in [0.05, 0.1) is 6.61 Å². The van der Waals surface area contributed by atoms with Crippen molar-refractivity contribution in [1.82, 2.24) is 0 Å². The van der Waals surface area contributed by atoms with Crippen LogP contribution in [0.2, 0.25) is 0 Å². The first-order valence-corrected chi connectivity index (χ1v) is 22.4. The van der Waals surface area contributed by atoms with Gasteiger partial charge in [-0.25, -0.2) is 0 Å². The van der Waals surface area contributed by atoms with Crippen molar-refractivity contribution in [3.63, 3.8) is 0 Å². The molecule has 1 aliphatic heterocycles. The first kappa shape index (κ1) is 49.4. The third-order valence-electron chi connectivity index (χ3n) is 9.60. The second-order valence-electron chi connectivity index (χ2n) is 14.7. The number of ether oxygens (including phenoxy) is 4. The fourth-order valence-corrected chi connectivity index (χ4v) is 7.01. The van der Waals surface area contributed by atoms with E-state index in [4.69, 9.17) is 18.9 Å². The molecule has 12 nitrogen and oxygen atoms in total. The maximum atomic E-state index is 12.7. The van der Waals surface area contributed by atoms with Crippen LogP contribution < -0.4 is 0 Å². The van der Waals surface area contributed by atoms with Gasteiger partial charge in [-0.3, -0.25) is 14.1 Å². The number of rotatable bonds is 34. The molecule has 1 heterocycles. The Morgan fingerprint density at radius 3 is 1.57 bits per heavy atom. The van der Waals surface area contributed by atoms with Gasteiger partial charge in [-0.05, 0) is 38.5 Å². The van der Waals surface area contributed by atoms with Gasteiger partial charge < -0.3 is 34.3 Å². The minimum atomic E-state index is -4.59. The highest BCUT2D eigenvalue weighted by molar-refractivity contribution is 7.85. The van der Waals surface area contributed by atoms with Gasteiger partial charge in [-0.2, -0.15) is 8.42 Å². The predicted molar refractivity (Wildman–Crippen MR) is 206 cm³/mol. The molecule has 1 fully saturated rings. The standard InChI is InChI=1S/C40H74O12S/c1-3-5-7-9-11-13-14-15-16-17-18-19-20-21-23-24-26-28-35(41)49-30-33(51-36(42)29-27-25-22-12-10-8-6-4-2)31-50-40-39(45)38(44)37(43)34(52-40)32-53(46,47)48/h15-16,33-34,37-40,43-45H,3-14,17-32H2,1-2H3,(H,46,47,48)/b16-15+/t33-,34-,37-,38?,39?,40+/m1/s1. The molecule has 1 rings (SSSR count). The molecule has 0 saturated carbocycles. The molecule has 1 saturated heterocycles. The molecule has 0 aromatic rings. The third-order valence-corrected chi connectivity index (χ3v) is 10.3. The lowest BCUT2D eigenvalue weighted by atomic mass is 10.00. The van der Waals surface area contributed by atoms with Crippen molar-refractivity contribution in [2.45, 2.75) is 211 Å². The maximum absolute atomic E-state index is 12.7. The zero-order valence-electron chi connectivity index (χ0n) is 32.9. The van der Waals surface area contributed by atoms with Crippen molar-refractivity contribution >= 4 is 22.1 Å². The number of esters is 2. The number of allylic oxidation sites excluding steroid dienone is 2. The van der Waals surface area contributed by atoms with E-state index in [1.807, 2.05) is 0 Å². The normalized spacial score (nSPS) is 21.2. The number of aliphatic hydroxyl groups is 3. The molecule has 0 bridgehead atoms. The highest BCUT2D eigenvalue weighted by Crippen LogP contribution is 2.24. The molecular weight excluding hydrogens is 704 g/mol. The van der Waals surface area contributed by atoms with Crippen molar-refractivity contribution in [2.24, 2.45) is 0 Å². The van der Waals surface area contributed by atoms with E-state index in [9.17, 15) is 37.9 Å². The van der Waals surface area contributed by atoms with Crippen LogP contribution in [0.3, 0.4) is 0 Å². The molecule has 0 radical (unpaired) electrons. The molecule has 1 aliphatic rings. The quantitative estimate of drug-likeness (QED) is 0.0219. The van der Waals surface area contributed by atoms with Gasteiger partial charge >= 0.3 is 11.9 Å². The Labute approximate surface area is 320 Å². The molecule has 13 heteroatoms. The summed E-state index contributed by atoms with van der Waals surface area (Å²) in [5.41, 5.74) is 0. The summed E-state index contributed by atoms with van der Waals surface area (Å²) < 4.78 is 53.8. The number of aliphatic hydroxyl groups excluding tert-OH is 3. The fraction of sp³-hybridized carbons (Fsp3) is 0.900. The average Bonchev–Trinajstić information content (AvgIpc) is 3.12. The molecular formula is C40H74O12S. The Morgan fingerprint density at radius 2 is 1.08 bits per heavy atom. The first-order chi connectivity index (χ1) is 25.5. The van der Waals surface area contributed by atoms with Crippen molar-refractivity contribution in [2.75, 3.05) is 19.0 Å². The molecule has 0 aromatic carbocycles. The SMILES string of the molecule is CCCCCCCC/C=C/CCCCCCCCCC(=O)OC[C@H](CO[C@H]1O[C@H](CS(=O)(=O)O)[C@@H](O)C(O)C1O)OC(=O)CCCCCCCCCC. The number of hydrogen-bond donors (Lipinski definition) is 4. The van der Waals surface area contributed by atoms with Crippen molar-refractivity contribution in [3.8, 4) is 0 Å². The van der Waals surface area contributed by atoms with Crippen LogP contribution in [0.1, 0.15) is 174 Å². The van der Waals surface area contributed by atoms with E-state index >= 15 is 0 Å². The summed E-state index contributed by atoms with van der Waals surface area (Å²) in [4.78, 5) is 25.2. The molecule has 312 valence electrons. The molecule has 0 amide bonds. The topological polar surface area (TPSA) is 186 Å². The summed E-state index contributed by atoms with van der Waals surface area (Å²) >= 11 is 0. The smallest absolute Gasteiger partial charge is 0.306 e. The Bertz CT molecular complexity index is 1050. The van der Waals surface area contributed by atoms with E-state index in [0.29, 0.717) is 12.8 Å². The zero-order valence-corrected chi connectivity index (χ0v) is 33.7. The van der Waals surface area contributed by atoms with E-state index in [1.165, 1.54) is 89.9 Å². The lowest BCUT2D eigenvalue weighted by Crippen LogP contribution is -2.60. The van der Waals surface area contributed by atoms with Crippen LogP contribution in [-0.4, -0.2) is 96.0 Å². The van der Waals surface area contributed by atoms with Crippen LogP contribution in [0.5, 0.6) is 0 Å². The maximum Gasteiger partial charge on any atom is 0.306 e. The highest BCUT2D eigenvalue weighted by Gasteiger charge is 2.46. The highest BCUT2D eigenvalue weighted by atomic mass is 32.2.